The van der Waals surface area contributed by atoms with Gasteiger partial charge in [-0.25, -0.2) is 0 Å². The van der Waals surface area contributed by atoms with Gasteiger partial charge < -0.3 is 4.57 Å². The van der Waals surface area contributed by atoms with Crippen LogP contribution in [0.2, 0.25) is 0 Å². The lowest BCUT2D eigenvalue weighted by molar-refractivity contribution is 0.790. The fourth-order valence-corrected chi connectivity index (χ4v) is 4.09. The van der Waals surface area contributed by atoms with Crippen LogP contribution < -0.4 is 5.43 Å². The predicted molar refractivity (Wildman–Crippen MR) is 106 cm³/mol. The van der Waals surface area contributed by atoms with Crippen LogP contribution >= 0.6 is 0 Å². The van der Waals surface area contributed by atoms with Crippen LogP contribution in [0.1, 0.15) is 55.9 Å². The Morgan fingerprint density at radius 3 is 2.56 bits per heavy atom. The summed E-state index contributed by atoms with van der Waals surface area (Å²) in [5.41, 5.74) is 8.55. The Morgan fingerprint density at radius 1 is 1.08 bits per heavy atom. The number of aryl methyl sites for hydroxylation is 2. The fraction of sp³-hybridized carbons (Fsp3) is 0.348. The molecule has 0 aliphatic heterocycles. The molecule has 4 rings (SSSR count). The predicted octanol–water partition coefficient (Wildman–Crippen LogP) is 5.28. The summed E-state index contributed by atoms with van der Waals surface area (Å²) in [5.74, 6) is 0.456. The molecule has 128 valence electrons. The lowest BCUT2D eigenvalue weighted by atomic mass is 9.99. The zero-order chi connectivity index (χ0) is 17.7. The quantitative estimate of drug-likeness (QED) is 0.501. The third kappa shape index (κ3) is 2.35. The summed E-state index contributed by atoms with van der Waals surface area (Å²) in [4.78, 5) is 13.2. The van der Waals surface area contributed by atoms with Crippen molar-refractivity contribution in [1.29, 1.82) is 0 Å². The van der Waals surface area contributed by atoms with Crippen LogP contribution in [0.3, 0.4) is 0 Å². The van der Waals surface area contributed by atoms with Gasteiger partial charge in [0.1, 0.15) is 0 Å². The van der Waals surface area contributed by atoms with E-state index in [1.807, 2.05) is 6.07 Å². The first-order chi connectivity index (χ1) is 12.0. The standard InChI is InChI=1S/C23H25NO/c1-5-15-7-8-17-12-20-22(19(17)11-15)24(6-2)21-13-16(14(3)4)9-10-18(21)23(20)25/h7-11,13-14H,5-6,12H2,1-4H3. The van der Waals surface area contributed by atoms with Gasteiger partial charge in [-0.1, -0.05) is 39.0 Å². The summed E-state index contributed by atoms with van der Waals surface area (Å²) in [6.45, 7) is 9.63. The number of fused-ring (bicyclic) bond motifs is 4. The smallest absolute Gasteiger partial charge is 0.193 e. The maximum absolute atomic E-state index is 13.2. The third-order valence-corrected chi connectivity index (χ3v) is 5.57. The summed E-state index contributed by atoms with van der Waals surface area (Å²) in [6, 6.07) is 13.0. The molecular weight excluding hydrogens is 306 g/mol. The Labute approximate surface area is 149 Å². The van der Waals surface area contributed by atoms with Gasteiger partial charge in [0.25, 0.3) is 0 Å². The average Bonchev–Trinajstić information content (AvgIpc) is 3.00. The lowest BCUT2D eigenvalue weighted by Crippen LogP contribution is -2.15. The number of rotatable bonds is 3. The summed E-state index contributed by atoms with van der Waals surface area (Å²) in [7, 11) is 0. The Balaban J connectivity index is 2.11. The number of aromatic nitrogens is 1. The molecule has 3 aromatic rings. The molecule has 0 amide bonds. The minimum Gasteiger partial charge on any atom is -0.340 e. The molecule has 1 aliphatic rings. The highest BCUT2D eigenvalue weighted by atomic mass is 16.1. The van der Waals surface area contributed by atoms with E-state index in [-0.39, 0.29) is 5.43 Å². The highest BCUT2D eigenvalue weighted by Gasteiger charge is 2.26. The molecule has 2 aromatic carbocycles. The SMILES string of the molecule is CCc1ccc2c(c1)-c1c(c(=O)c3ccc(C(C)C)cc3n1CC)C2. The van der Waals surface area contributed by atoms with Crippen LogP contribution in [-0.4, -0.2) is 4.57 Å². The monoisotopic (exact) mass is 331 g/mol. The summed E-state index contributed by atoms with van der Waals surface area (Å²) < 4.78 is 2.35. The lowest BCUT2D eigenvalue weighted by Gasteiger charge is -2.17. The van der Waals surface area contributed by atoms with Gasteiger partial charge in [0, 0.05) is 29.5 Å². The van der Waals surface area contributed by atoms with Crippen molar-refractivity contribution in [3.8, 4) is 11.3 Å². The second-order valence-electron chi connectivity index (χ2n) is 7.35. The first-order valence-corrected chi connectivity index (χ1v) is 9.36. The molecule has 1 heterocycles. The molecule has 25 heavy (non-hydrogen) atoms. The van der Waals surface area contributed by atoms with Crippen LogP contribution in [0.25, 0.3) is 22.2 Å². The second-order valence-corrected chi connectivity index (χ2v) is 7.35. The van der Waals surface area contributed by atoms with Crippen molar-refractivity contribution in [2.24, 2.45) is 0 Å². The van der Waals surface area contributed by atoms with Gasteiger partial charge >= 0.3 is 0 Å². The van der Waals surface area contributed by atoms with Crippen molar-refractivity contribution >= 4 is 10.9 Å². The minimum absolute atomic E-state index is 0.208. The topological polar surface area (TPSA) is 22.0 Å². The van der Waals surface area contributed by atoms with E-state index in [4.69, 9.17) is 0 Å². The first kappa shape index (κ1) is 16.1. The number of nitrogens with zero attached hydrogens (tertiary/aromatic N) is 1. The maximum atomic E-state index is 13.2. The van der Waals surface area contributed by atoms with E-state index in [1.54, 1.807) is 0 Å². The molecule has 1 aromatic heterocycles. The van der Waals surface area contributed by atoms with E-state index in [2.05, 4.69) is 62.6 Å². The van der Waals surface area contributed by atoms with Gasteiger partial charge in [-0.15, -0.1) is 0 Å². The van der Waals surface area contributed by atoms with E-state index < -0.39 is 0 Å². The van der Waals surface area contributed by atoms with Crippen LogP contribution in [0.15, 0.2) is 41.2 Å². The molecule has 0 atom stereocenters. The van der Waals surface area contributed by atoms with Crippen LogP contribution in [-0.2, 0) is 19.4 Å². The number of hydrogen-bond donors (Lipinski definition) is 0. The minimum atomic E-state index is 0.208. The Kier molecular flexibility index (Phi) is 3.79. The van der Waals surface area contributed by atoms with Gasteiger partial charge in [-0.2, -0.15) is 0 Å². The molecule has 0 fully saturated rings. The van der Waals surface area contributed by atoms with Crippen LogP contribution in [0.5, 0.6) is 0 Å². The van der Waals surface area contributed by atoms with Crippen molar-refractivity contribution in [2.75, 3.05) is 0 Å². The number of pyridine rings is 1. The number of benzene rings is 2. The molecule has 0 radical (unpaired) electrons. The Hall–Kier alpha value is -2.35. The van der Waals surface area contributed by atoms with Crippen molar-refractivity contribution in [1.82, 2.24) is 4.57 Å². The number of hydrogen-bond acceptors (Lipinski definition) is 1. The first-order valence-electron chi connectivity index (χ1n) is 9.36. The third-order valence-electron chi connectivity index (χ3n) is 5.57. The normalized spacial score (nSPS) is 12.7. The fourth-order valence-electron chi connectivity index (χ4n) is 4.09. The zero-order valence-electron chi connectivity index (χ0n) is 15.5. The maximum Gasteiger partial charge on any atom is 0.193 e. The molecule has 0 unspecified atom stereocenters. The highest BCUT2D eigenvalue weighted by Crippen LogP contribution is 2.38. The van der Waals surface area contributed by atoms with Gasteiger partial charge in [0.2, 0.25) is 0 Å². The summed E-state index contributed by atoms with van der Waals surface area (Å²) in [5, 5.41) is 0.855. The molecule has 2 nitrogen and oxygen atoms in total. The van der Waals surface area contributed by atoms with Crippen molar-refractivity contribution in [3.05, 3.63) is 68.9 Å². The molecule has 0 N–H and O–H groups in total. The zero-order valence-corrected chi connectivity index (χ0v) is 15.5. The molecule has 0 bridgehead atoms. The molecule has 0 saturated heterocycles. The largest absolute Gasteiger partial charge is 0.340 e. The molecule has 2 heteroatoms. The van der Waals surface area contributed by atoms with E-state index in [0.717, 1.165) is 41.5 Å². The van der Waals surface area contributed by atoms with Crippen molar-refractivity contribution in [2.45, 2.75) is 53.0 Å². The Bertz CT molecular complexity index is 1040. The molecule has 1 aliphatic carbocycles. The summed E-state index contributed by atoms with van der Waals surface area (Å²) in [6.07, 6.45) is 1.78. The molecule has 0 saturated carbocycles. The van der Waals surface area contributed by atoms with Gasteiger partial charge in [-0.3, -0.25) is 4.79 Å². The molecular formula is C23H25NO. The molecule has 0 spiro atoms. The summed E-state index contributed by atoms with van der Waals surface area (Å²) >= 11 is 0. The van der Waals surface area contributed by atoms with E-state index >= 15 is 0 Å². The second kappa shape index (κ2) is 5.87. The highest BCUT2D eigenvalue weighted by molar-refractivity contribution is 5.88. The van der Waals surface area contributed by atoms with Gasteiger partial charge in [0.15, 0.2) is 5.43 Å². The van der Waals surface area contributed by atoms with Crippen LogP contribution in [0.4, 0.5) is 0 Å². The van der Waals surface area contributed by atoms with Crippen molar-refractivity contribution in [3.63, 3.8) is 0 Å². The average molecular weight is 331 g/mol. The van der Waals surface area contributed by atoms with E-state index in [0.29, 0.717) is 5.92 Å². The van der Waals surface area contributed by atoms with Gasteiger partial charge in [0.05, 0.1) is 11.2 Å². The van der Waals surface area contributed by atoms with E-state index in [1.165, 1.54) is 22.3 Å². The van der Waals surface area contributed by atoms with Crippen LogP contribution in [0, 0.1) is 0 Å². The van der Waals surface area contributed by atoms with E-state index in [9.17, 15) is 4.79 Å². The van der Waals surface area contributed by atoms with Gasteiger partial charge in [-0.05, 0) is 54.2 Å². The van der Waals surface area contributed by atoms with Crippen molar-refractivity contribution < 1.29 is 0 Å². The Morgan fingerprint density at radius 2 is 1.88 bits per heavy atom.